The number of rotatable bonds is 10. The summed E-state index contributed by atoms with van der Waals surface area (Å²) in [6.07, 6.45) is 0. The molecule has 0 unspecified atom stereocenters. The van der Waals surface area contributed by atoms with Crippen LogP contribution in [0.5, 0.6) is 5.75 Å². The molecule has 2 rings (SSSR count). The third-order valence-corrected chi connectivity index (χ3v) is 3.89. The molecule has 2 amide bonds. The maximum absolute atomic E-state index is 12.1. The first-order valence-corrected chi connectivity index (χ1v) is 9.06. The molecule has 0 saturated heterocycles. The summed E-state index contributed by atoms with van der Waals surface area (Å²) in [6.45, 7) is 5.86. The Labute approximate surface area is 159 Å². The number of ether oxygens (including phenoxy) is 2. The van der Waals surface area contributed by atoms with Crippen LogP contribution in [0.2, 0.25) is 0 Å². The smallest absolute Gasteiger partial charge is 0.251 e. The second-order valence-corrected chi connectivity index (χ2v) is 5.82. The fourth-order valence-corrected chi connectivity index (χ4v) is 2.47. The number of hydrogen-bond acceptors (Lipinski definition) is 4. The lowest BCUT2D eigenvalue weighted by Gasteiger charge is -2.11. The monoisotopic (exact) mass is 370 g/mol. The summed E-state index contributed by atoms with van der Waals surface area (Å²) in [7, 11) is 0. The normalized spacial score (nSPS) is 10.3. The van der Waals surface area contributed by atoms with E-state index in [4.69, 9.17) is 9.47 Å². The highest BCUT2D eigenvalue weighted by molar-refractivity contribution is 5.96. The van der Waals surface area contributed by atoms with E-state index in [2.05, 4.69) is 10.6 Å². The average molecular weight is 370 g/mol. The van der Waals surface area contributed by atoms with Gasteiger partial charge in [-0.15, -0.1) is 0 Å². The molecule has 6 heteroatoms. The van der Waals surface area contributed by atoms with Crippen LogP contribution < -0.4 is 15.4 Å². The van der Waals surface area contributed by atoms with Crippen LogP contribution >= 0.6 is 0 Å². The van der Waals surface area contributed by atoms with Crippen LogP contribution in [0.25, 0.3) is 0 Å². The lowest BCUT2D eigenvalue weighted by molar-refractivity contribution is -0.120. The highest BCUT2D eigenvalue weighted by atomic mass is 16.5. The third-order valence-electron chi connectivity index (χ3n) is 3.89. The molecule has 2 N–H and O–H groups in total. The molecule has 2 aromatic carbocycles. The summed E-state index contributed by atoms with van der Waals surface area (Å²) in [5, 5.41) is 5.44. The van der Waals surface area contributed by atoms with Crippen LogP contribution in [0, 0.1) is 0 Å². The quantitative estimate of drug-likeness (QED) is 0.674. The zero-order valence-electron chi connectivity index (χ0n) is 15.8. The van der Waals surface area contributed by atoms with E-state index in [1.54, 1.807) is 24.3 Å². The summed E-state index contributed by atoms with van der Waals surface area (Å²) in [5.41, 5.74) is 2.52. The van der Waals surface area contributed by atoms with E-state index in [0.717, 1.165) is 11.1 Å². The number of carbonyl (C=O) groups is 2. The predicted octanol–water partition coefficient (Wildman–Crippen LogP) is 2.67. The Hall–Kier alpha value is -2.86. The summed E-state index contributed by atoms with van der Waals surface area (Å²) in [4.78, 5) is 24.2. The molecule has 144 valence electrons. The Morgan fingerprint density at radius 1 is 0.889 bits per heavy atom. The highest BCUT2D eigenvalue weighted by Crippen LogP contribution is 2.12. The fraction of sp³-hybridized carbons (Fsp3) is 0.333. The zero-order chi connectivity index (χ0) is 19.5. The van der Waals surface area contributed by atoms with Gasteiger partial charge in [-0.2, -0.15) is 0 Å². The van der Waals surface area contributed by atoms with Gasteiger partial charge in [-0.1, -0.05) is 24.3 Å². The average Bonchev–Trinajstić information content (AvgIpc) is 2.70. The molecule has 0 aromatic heterocycles. The number of amides is 2. The van der Waals surface area contributed by atoms with Gasteiger partial charge in [0, 0.05) is 18.7 Å². The Morgan fingerprint density at radius 3 is 2.26 bits per heavy atom. The van der Waals surface area contributed by atoms with E-state index in [-0.39, 0.29) is 18.4 Å². The molecule has 0 bridgehead atoms. The first kappa shape index (κ1) is 20.5. The van der Waals surface area contributed by atoms with Gasteiger partial charge in [0.25, 0.3) is 5.91 Å². The number of benzene rings is 2. The van der Waals surface area contributed by atoms with Crippen molar-refractivity contribution in [2.75, 3.05) is 19.8 Å². The summed E-state index contributed by atoms with van der Waals surface area (Å²) in [6, 6.07) is 14.6. The molecule has 0 fully saturated rings. The molecule has 27 heavy (non-hydrogen) atoms. The first-order chi connectivity index (χ1) is 13.1. The van der Waals surface area contributed by atoms with Crippen molar-refractivity contribution in [1.29, 1.82) is 0 Å². The molecular formula is C21H26N2O4. The van der Waals surface area contributed by atoms with Crippen LogP contribution in [0.1, 0.15) is 35.3 Å². The minimum Gasteiger partial charge on any atom is -0.494 e. The number of hydrogen-bond donors (Lipinski definition) is 2. The first-order valence-electron chi connectivity index (χ1n) is 9.06. The molecule has 0 aliphatic rings. The Balaban J connectivity index is 1.80. The van der Waals surface area contributed by atoms with Crippen molar-refractivity contribution < 1.29 is 19.1 Å². The van der Waals surface area contributed by atoms with Gasteiger partial charge in [0.15, 0.2) is 0 Å². The van der Waals surface area contributed by atoms with Crippen LogP contribution in [0.15, 0.2) is 48.5 Å². The molecule has 0 heterocycles. The molecule has 0 atom stereocenters. The summed E-state index contributed by atoms with van der Waals surface area (Å²) in [5.74, 6) is 0.156. The van der Waals surface area contributed by atoms with Crippen molar-refractivity contribution in [3.05, 3.63) is 65.2 Å². The van der Waals surface area contributed by atoms with E-state index in [1.165, 1.54) is 0 Å². The van der Waals surface area contributed by atoms with Crippen LogP contribution in [-0.4, -0.2) is 31.6 Å². The van der Waals surface area contributed by atoms with E-state index >= 15 is 0 Å². The molecule has 0 radical (unpaired) electrons. The van der Waals surface area contributed by atoms with Crippen molar-refractivity contribution in [1.82, 2.24) is 10.6 Å². The zero-order valence-corrected chi connectivity index (χ0v) is 15.8. The van der Waals surface area contributed by atoms with Crippen LogP contribution in [0.4, 0.5) is 0 Å². The molecule has 2 aromatic rings. The van der Waals surface area contributed by atoms with Crippen molar-refractivity contribution >= 4 is 11.8 Å². The van der Waals surface area contributed by atoms with Crippen LogP contribution in [-0.2, 0) is 22.7 Å². The highest BCUT2D eigenvalue weighted by Gasteiger charge is 2.09. The van der Waals surface area contributed by atoms with Gasteiger partial charge in [-0.3, -0.25) is 9.59 Å². The van der Waals surface area contributed by atoms with Gasteiger partial charge in [0.05, 0.1) is 19.8 Å². The summed E-state index contributed by atoms with van der Waals surface area (Å²) < 4.78 is 10.8. The summed E-state index contributed by atoms with van der Waals surface area (Å²) >= 11 is 0. The minimum atomic E-state index is -0.301. The van der Waals surface area contributed by atoms with E-state index < -0.39 is 0 Å². The lowest BCUT2D eigenvalue weighted by atomic mass is 10.1. The van der Waals surface area contributed by atoms with Gasteiger partial charge >= 0.3 is 0 Å². The standard InChI is InChI=1S/C21H26N2O4/c1-3-26-15-18-8-6-5-7-17(18)13-22-20(24)14-23-21(25)16-9-11-19(12-10-16)27-4-2/h5-12H,3-4,13-15H2,1-2H3,(H,22,24)(H,23,25). The second kappa shape index (κ2) is 11.0. The topological polar surface area (TPSA) is 76.7 Å². The molecule has 0 spiro atoms. The van der Waals surface area contributed by atoms with E-state index in [1.807, 2.05) is 38.1 Å². The number of carbonyl (C=O) groups excluding carboxylic acids is 2. The van der Waals surface area contributed by atoms with Gasteiger partial charge in [-0.25, -0.2) is 0 Å². The Kier molecular flexibility index (Phi) is 8.32. The third kappa shape index (κ3) is 6.75. The molecule has 0 aliphatic heterocycles. The maximum atomic E-state index is 12.1. The van der Waals surface area contributed by atoms with E-state index in [9.17, 15) is 9.59 Å². The molecule has 6 nitrogen and oxygen atoms in total. The van der Waals surface area contributed by atoms with Crippen molar-refractivity contribution in [3.63, 3.8) is 0 Å². The molecule has 0 aliphatic carbocycles. The second-order valence-electron chi connectivity index (χ2n) is 5.82. The van der Waals surface area contributed by atoms with Gasteiger partial charge in [0.1, 0.15) is 5.75 Å². The largest absolute Gasteiger partial charge is 0.494 e. The fourth-order valence-electron chi connectivity index (χ4n) is 2.47. The predicted molar refractivity (Wildman–Crippen MR) is 104 cm³/mol. The van der Waals surface area contributed by atoms with Crippen molar-refractivity contribution in [2.45, 2.75) is 27.0 Å². The van der Waals surface area contributed by atoms with Crippen LogP contribution in [0.3, 0.4) is 0 Å². The van der Waals surface area contributed by atoms with Gasteiger partial charge < -0.3 is 20.1 Å². The van der Waals surface area contributed by atoms with E-state index in [0.29, 0.717) is 37.7 Å². The molecular weight excluding hydrogens is 344 g/mol. The van der Waals surface area contributed by atoms with Crippen molar-refractivity contribution in [3.8, 4) is 5.75 Å². The Bertz CT molecular complexity index is 744. The maximum Gasteiger partial charge on any atom is 0.251 e. The van der Waals surface area contributed by atoms with Crippen molar-refractivity contribution in [2.24, 2.45) is 0 Å². The SMILES string of the molecule is CCOCc1ccccc1CNC(=O)CNC(=O)c1ccc(OCC)cc1. The molecule has 0 saturated carbocycles. The van der Waals surface area contributed by atoms with Gasteiger partial charge in [-0.05, 0) is 49.2 Å². The van der Waals surface area contributed by atoms with Gasteiger partial charge in [0.2, 0.25) is 5.91 Å². The lowest BCUT2D eigenvalue weighted by Crippen LogP contribution is -2.36. The Morgan fingerprint density at radius 2 is 1.59 bits per heavy atom. The number of nitrogens with one attached hydrogen (secondary N) is 2. The minimum absolute atomic E-state index is 0.0837.